The summed E-state index contributed by atoms with van der Waals surface area (Å²) in [6, 6.07) is 6.54. The SMILES string of the molecule is CC(C)(C1=CCN(C(=O)O)CC1)c1ccc([N+](=O)[O-])cc1. The van der Waals surface area contributed by atoms with Gasteiger partial charge in [0.1, 0.15) is 0 Å². The second-order valence-electron chi connectivity index (χ2n) is 5.64. The third-order valence-corrected chi connectivity index (χ3v) is 4.08. The summed E-state index contributed by atoms with van der Waals surface area (Å²) in [5.74, 6) is 0. The molecule has 0 saturated heterocycles. The monoisotopic (exact) mass is 290 g/mol. The lowest BCUT2D eigenvalue weighted by molar-refractivity contribution is -0.384. The van der Waals surface area contributed by atoms with Gasteiger partial charge >= 0.3 is 6.09 Å². The zero-order valence-corrected chi connectivity index (χ0v) is 12.1. The van der Waals surface area contributed by atoms with Gasteiger partial charge in [-0.15, -0.1) is 0 Å². The second kappa shape index (κ2) is 5.55. The Kier molecular flexibility index (Phi) is 3.97. The number of carbonyl (C=O) groups is 1. The van der Waals surface area contributed by atoms with Gasteiger partial charge in [-0.1, -0.05) is 37.6 Å². The molecular weight excluding hydrogens is 272 g/mol. The molecule has 0 aliphatic carbocycles. The van der Waals surface area contributed by atoms with Gasteiger partial charge in [-0.3, -0.25) is 10.1 Å². The molecule has 0 fully saturated rings. The Morgan fingerprint density at radius 3 is 2.38 bits per heavy atom. The first-order valence-electron chi connectivity index (χ1n) is 6.74. The first-order valence-corrected chi connectivity index (χ1v) is 6.74. The fourth-order valence-electron chi connectivity index (χ4n) is 2.60. The zero-order chi connectivity index (χ0) is 15.6. The average molecular weight is 290 g/mol. The molecule has 6 nitrogen and oxygen atoms in total. The number of hydrogen-bond donors (Lipinski definition) is 1. The fraction of sp³-hybridized carbons (Fsp3) is 0.400. The highest BCUT2D eigenvalue weighted by atomic mass is 16.6. The normalized spacial score (nSPS) is 15.5. The number of nitro groups is 1. The molecule has 0 atom stereocenters. The number of hydrogen-bond acceptors (Lipinski definition) is 3. The molecule has 0 aromatic heterocycles. The number of nitrogens with zero attached hydrogens (tertiary/aromatic N) is 2. The Balaban J connectivity index is 2.22. The highest BCUT2D eigenvalue weighted by Crippen LogP contribution is 2.35. The van der Waals surface area contributed by atoms with E-state index in [1.807, 2.05) is 6.08 Å². The van der Waals surface area contributed by atoms with Crippen molar-refractivity contribution in [3.8, 4) is 0 Å². The van der Waals surface area contributed by atoms with Gasteiger partial charge in [-0.2, -0.15) is 0 Å². The van der Waals surface area contributed by atoms with E-state index in [4.69, 9.17) is 5.11 Å². The molecule has 0 bridgehead atoms. The highest BCUT2D eigenvalue weighted by molar-refractivity contribution is 5.65. The number of carboxylic acid groups (broad SMARTS) is 1. The molecule has 0 unspecified atom stereocenters. The first-order chi connectivity index (χ1) is 9.82. The minimum absolute atomic E-state index is 0.0734. The van der Waals surface area contributed by atoms with Crippen LogP contribution in [0.25, 0.3) is 0 Å². The molecule has 1 amide bonds. The van der Waals surface area contributed by atoms with Crippen LogP contribution in [-0.4, -0.2) is 34.1 Å². The molecule has 112 valence electrons. The summed E-state index contributed by atoms with van der Waals surface area (Å²) >= 11 is 0. The van der Waals surface area contributed by atoms with Crippen molar-refractivity contribution in [2.75, 3.05) is 13.1 Å². The molecule has 1 aromatic rings. The van der Waals surface area contributed by atoms with Crippen molar-refractivity contribution in [1.82, 2.24) is 4.90 Å². The molecule has 0 radical (unpaired) electrons. The van der Waals surface area contributed by atoms with E-state index in [2.05, 4.69) is 13.8 Å². The molecular formula is C15H18N2O4. The van der Waals surface area contributed by atoms with Crippen LogP contribution in [0.3, 0.4) is 0 Å². The van der Waals surface area contributed by atoms with Crippen LogP contribution in [0.2, 0.25) is 0 Å². The highest BCUT2D eigenvalue weighted by Gasteiger charge is 2.29. The molecule has 1 heterocycles. The van der Waals surface area contributed by atoms with Crippen LogP contribution >= 0.6 is 0 Å². The minimum atomic E-state index is -0.904. The van der Waals surface area contributed by atoms with E-state index in [1.165, 1.54) is 17.0 Å². The molecule has 1 N–H and O–H groups in total. The third kappa shape index (κ3) is 3.04. The van der Waals surface area contributed by atoms with Crippen molar-refractivity contribution in [3.05, 3.63) is 51.6 Å². The lowest BCUT2D eigenvalue weighted by Gasteiger charge is -2.34. The number of non-ortho nitro benzene ring substituents is 1. The Morgan fingerprint density at radius 2 is 1.95 bits per heavy atom. The molecule has 0 saturated carbocycles. The number of nitro benzene ring substituents is 1. The summed E-state index contributed by atoms with van der Waals surface area (Å²) in [4.78, 5) is 22.6. The topological polar surface area (TPSA) is 83.7 Å². The van der Waals surface area contributed by atoms with Gasteiger partial charge in [-0.25, -0.2) is 4.79 Å². The molecule has 6 heteroatoms. The van der Waals surface area contributed by atoms with Crippen molar-refractivity contribution < 1.29 is 14.8 Å². The summed E-state index contributed by atoms with van der Waals surface area (Å²) < 4.78 is 0. The van der Waals surface area contributed by atoms with Crippen LogP contribution in [0.1, 0.15) is 25.8 Å². The van der Waals surface area contributed by atoms with Crippen LogP contribution in [-0.2, 0) is 5.41 Å². The predicted molar refractivity (Wildman–Crippen MR) is 78.4 cm³/mol. The summed E-state index contributed by atoms with van der Waals surface area (Å²) in [7, 11) is 0. The fourth-order valence-corrected chi connectivity index (χ4v) is 2.60. The van der Waals surface area contributed by atoms with E-state index in [0.29, 0.717) is 19.5 Å². The quantitative estimate of drug-likeness (QED) is 0.526. The summed E-state index contributed by atoms with van der Waals surface area (Å²) in [5.41, 5.74) is 1.96. The van der Waals surface area contributed by atoms with Gasteiger partial charge in [0.2, 0.25) is 0 Å². The maximum Gasteiger partial charge on any atom is 0.407 e. The maximum absolute atomic E-state index is 10.9. The lowest BCUT2D eigenvalue weighted by Crippen LogP contribution is -2.36. The maximum atomic E-state index is 10.9. The van der Waals surface area contributed by atoms with E-state index >= 15 is 0 Å². The van der Waals surface area contributed by atoms with Gasteiger partial charge in [-0.05, 0) is 12.0 Å². The summed E-state index contributed by atoms with van der Waals surface area (Å²) in [6.07, 6.45) is 1.72. The van der Waals surface area contributed by atoms with E-state index in [1.54, 1.807) is 12.1 Å². The van der Waals surface area contributed by atoms with Crippen LogP contribution in [0.15, 0.2) is 35.9 Å². The second-order valence-corrected chi connectivity index (χ2v) is 5.64. The number of amides is 1. The van der Waals surface area contributed by atoms with Crippen LogP contribution in [0, 0.1) is 10.1 Å². The molecule has 21 heavy (non-hydrogen) atoms. The predicted octanol–water partition coefficient (Wildman–Crippen LogP) is 3.18. The molecule has 1 aliphatic heterocycles. The van der Waals surface area contributed by atoms with E-state index in [9.17, 15) is 14.9 Å². The number of benzene rings is 1. The van der Waals surface area contributed by atoms with Crippen LogP contribution in [0.4, 0.5) is 10.5 Å². The van der Waals surface area contributed by atoms with Crippen molar-refractivity contribution >= 4 is 11.8 Å². The Morgan fingerprint density at radius 1 is 1.33 bits per heavy atom. The van der Waals surface area contributed by atoms with Crippen molar-refractivity contribution in [2.24, 2.45) is 0 Å². The summed E-state index contributed by atoms with van der Waals surface area (Å²) in [5, 5.41) is 19.7. The lowest BCUT2D eigenvalue weighted by atomic mass is 9.75. The van der Waals surface area contributed by atoms with E-state index in [-0.39, 0.29) is 11.1 Å². The van der Waals surface area contributed by atoms with Gasteiger partial charge in [0, 0.05) is 30.6 Å². The van der Waals surface area contributed by atoms with E-state index in [0.717, 1.165) is 11.1 Å². The summed E-state index contributed by atoms with van der Waals surface area (Å²) in [6.45, 7) is 4.98. The number of rotatable bonds is 3. The van der Waals surface area contributed by atoms with Gasteiger partial charge in [0.15, 0.2) is 0 Å². The average Bonchev–Trinajstić information content (AvgIpc) is 2.47. The first kappa shape index (κ1) is 15.0. The Bertz CT molecular complexity index is 590. The van der Waals surface area contributed by atoms with Gasteiger partial charge < -0.3 is 10.0 Å². The van der Waals surface area contributed by atoms with Gasteiger partial charge in [0.25, 0.3) is 5.69 Å². The standard InChI is InChI=1S/C15H18N2O4/c1-15(2,11-3-5-13(6-4-11)17(20)21)12-7-9-16(10-8-12)14(18)19/h3-7H,8-10H2,1-2H3,(H,18,19). The molecule has 0 spiro atoms. The van der Waals surface area contributed by atoms with Crippen molar-refractivity contribution in [3.63, 3.8) is 0 Å². The smallest absolute Gasteiger partial charge is 0.407 e. The zero-order valence-electron chi connectivity index (χ0n) is 12.1. The van der Waals surface area contributed by atoms with E-state index < -0.39 is 11.0 Å². The molecule has 1 aromatic carbocycles. The van der Waals surface area contributed by atoms with Crippen molar-refractivity contribution in [1.29, 1.82) is 0 Å². The van der Waals surface area contributed by atoms with Crippen LogP contribution in [0.5, 0.6) is 0 Å². The van der Waals surface area contributed by atoms with Crippen LogP contribution < -0.4 is 0 Å². The minimum Gasteiger partial charge on any atom is -0.465 e. The Labute approximate surface area is 122 Å². The van der Waals surface area contributed by atoms with Gasteiger partial charge in [0.05, 0.1) is 4.92 Å². The molecule has 2 rings (SSSR count). The third-order valence-electron chi connectivity index (χ3n) is 4.08. The largest absolute Gasteiger partial charge is 0.465 e. The van der Waals surface area contributed by atoms with Crippen molar-refractivity contribution in [2.45, 2.75) is 25.7 Å². The molecule has 1 aliphatic rings. The Hall–Kier alpha value is -2.37.